The monoisotopic (exact) mass is 590 g/mol. The summed E-state index contributed by atoms with van der Waals surface area (Å²) < 4.78 is 0. The molecule has 0 saturated carbocycles. The molecule has 230 valence electrons. The highest BCUT2D eigenvalue weighted by Crippen LogP contribution is 2.53. The molecule has 8 aliphatic carbocycles. The second-order valence-electron chi connectivity index (χ2n) is 16.3. The predicted octanol–water partition coefficient (Wildman–Crippen LogP) is 12.3. The topological polar surface area (TPSA) is 0 Å². The van der Waals surface area contributed by atoms with Gasteiger partial charge in [0.2, 0.25) is 0 Å². The van der Waals surface area contributed by atoms with Crippen molar-refractivity contribution >= 4 is 0 Å². The summed E-state index contributed by atoms with van der Waals surface area (Å²) in [6.45, 7) is 11.9. The average Bonchev–Trinajstić information content (AvgIpc) is 3.10. The second-order valence-corrected chi connectivity index (χ2v) is 16.3. The third-order valence-electron chi connectivity index (χ3n) is 11.9. The summed E-state index contributed by atoms with van der Waals surface area (Å²) in [6.07, 6.45) is 43.8. The van der Waals surface area contributed by atoms with E-state index in [4.69, 9.17) is 0 Å². The maximum Gasteiger partial charge on any atom is 0.0196 e. The summed E-state index contributed by atoms with van der Waals surface area (Å²) in [5.74, 6) is 0.990. The molecule has 0 spiro atoms. The van der Waals surface area contributed by atoms with Gasteiger partial charge in [-0.05, 0) is 142 Å². The standard InChI is InChI=1S/C45H50/c1-44(2,3)38-26-36-18-12-30-19-21-39(40-22-20-37(27-38)42(36)43(30)40)35-17-16-31-24-32(14-15-33(31)25-35)34-13-11-29-10-8-6-7-9-23-45(4,5)41(29)28-34/h6-9,12,18,20,22,24-28,36,42H,10-11,13-17,19,21,23H2,1-5H3. The fourth-order valence-electron chi connectivity index (χ4n) is 9.32. The molecule has 0 aromatic carbocycles. The molecule has 0 amide bonds. The van der Waals surface area contributed by atoms with Crippen LogP contribution in [0.2, 0.25) is 0 Å². The third kappa shape index (κ3) is 5.14. The van der Waals surface area contributed by atoms with E-state index in [0.29, 0.717) is 11.8 Å². The van der Waals surface area contributed by atoms with Crippen LogP contribution in [-0.2, 0) is 0 Å². The molecule has 0 fully saturated rings. The van der Waals surface area contributed by atoms with Crippen LogP contribution >= 0.6 is 0 Å². The van der Waals surface area contributed by atoms with E-state index in [1.807, 2.05) is 0 Å². The Morgan fingerprint density at radius 3 is 2.22 bits per heavy atom. The molecule has 0 aromatic heterocycles. The fourth-order valence-corrected chi connectivity index (χ4v) is 9.32. The minimum absolute atomic E-state index is 0.183. The van der Waals surface area contributed by atoms with Crippen LogP contribution in [-0.4, -0.2) is 0 Å². The van der Waals surface area contributed by atoms with Gasteiger partial charge in [0.25, 0.3) is 0 Å². The maximum absolute atomic E-state index is 2.63. The maximum atomic E-state index is 2.63. The van der Waals surface area contributed by atoms with Crippen LogP contribution in [0.4, 0.5) is 0 Å². The van der Waals surface area contributed by atoms with Crippen molar-refractivity contribution in [1.29, 1.82) is 0 Å². The van der Waals surface area contributed by atoms with Crippen LogP contribution in [0.25, 0.3) is 0 Å². The highest BCUT2D eigenvalue weighted by molar-refractivity contribution is 5.67. The van der Waals surface area contributed by atoms with Gasteiger partial charge in [-0.2, -0.15) is 0 Å². The molecule has 0 aromatic rings. The summed E-state index contributed by atoms with van der Waals surface area (Å²) in [5.41, 5.74) is 21.1. The SMILES string of the molecule is CC(C)(C)C1=CC2C=CC3=C4C(=C(C5=CC6=C(C=C(C7=CC8=C(CC=CC=CCC8(C)C)CC7)CC6)CC5)CC3)C=CC(=C1)C42. The van der Waals surface area contributed by atoms with E-state index >= 15 is 0 Å². The average molecular weight is 591 g/mol. The molecule has 0 radical (unpaired) electrons. The molecule has 2 atom stereocenters. The molecule has 0 bridgehead atoms. The normalized spacial score (nSPS) is 28.7. The summed E-state index contributed by atoms with van der Waals surface area (Å²) in [5, 5.41) is 0. The zero-order chi connectivity index (χ0) is 30.9. The fraction of sp³-hybridized carbons (Fsp3) is 0.422. The molecule has 0 aliphatic heterocycles. The van der Waals surface area contributed by atoms with Crippen LogP contribution in [0.3, 0.4) is 0 Å². The van der Waals surface area contributed by atoms with Gasteiger partial charge in [-0.1, -0.05) is 119 Å². The van der Waals surface area contributed by atoms with E-state index in [9.17, 15) is 0 Å². The summed E-state index contributed by atoms with van der Waals surface area (Å²) in [4.78, 5) is 0. The third-order valence-corrected chi connectivity index (χ3v) is 11.9. The van der Waals surface area contributed by atoms with Crippen molar-refractivity contribution in [3.8, 4) is 0 Å². The van der Waals surface area contributed by atoms with Crippen molar-refractivity contribution in [1.82, 2.24) is 0 Å². The zero-order valence-corrected chi connectivity index (χ0v) is 28.2. The van der Waals surface area contributed by atoms with Gasteiger partial charge in [-0.3, -0.25) is 0 Å². The summed E-state index contributed by atoms with van der Waals surface area (Å²) >= 11 is 0. The van der Waals surface area contributed by atoms with Crippen molar-refractivity contribution in [3.63, 3.8) is 0 Å². The Balaban J connectivity index is 1.11. The predicted molar refractivity (Wildman–Crippen MR) is 191 cm³/mol. The largest absolute Gasteiger partial charge is 0.0837 e. The van der Waals surface area contributed by atoms with Gasteiger partial charge in [0.05, 0.1) is 0 Å². The first-order valence-corrected chi connectivity index (χ1v) is 17.8. The molecular formula is C45H50. The smallest absolute Gasteiger partial charge is 0.0196 e. The lowest BCUT2D eigenvalue weighted by Crippen LogP contribution is -2.29. The molecular weight excluding hydrogens is 540 g/mol. The molecule has 8 rings (SSSR count). The van der Waals surface area contributed by atoms with E-state index in [1.165, 1.54) is 62.5 Å². The Hall–Kier alpha value is -3.38. The quantitative estimate of drug-likeness (QED) is 0.300. The van der Waals surface area contributed by atoms with E-state index in [-0.39, 0.29) is 10.8 Å². The molecule has 0 N–H and O–H groups in total. The minimum atomic E-state index is 0.183. The van der Waals surface area contributed by atoms with Crippen LogP contribution in [0, 0.1) is 22.7 Å². The van der Waals surface area contributed by atoms with Gasteiger partial charge < -0.3 is 0 Å². The van der Waals surface area contributed by atoms with Gasteiger partial charge in [0, 0.05) is 11.8 Å². The number of allylic oxidation sites excluding steroid dienone is 26. The summed E-state index contributed by atoms with van der Waals surface area (Å²) in [6, 6.07) is 0. The summed E-state index contributed by atoms with van der Waals surface area (Å²) in [7, 11) is 0. The van der Waals surface area contributed by atoms with Crippen molar-refractivity contribution in [2.24, 2.45) is 22.7 Å². The molecule has 8 aliphatic rings. The lowest BCUT2D eigenvalue weighted by Gasteiger charge is -2.42. The Labute approximate surface area is 272 Å². The lowest BCUT2D eigenvalue weighted by atomic mass is 9.62. The van der Waals surface area contributed by atoms with E-state index in [0.717, 1.165) is 12.8 Å². The van der Waals surface area contributed by atoms with Crippen LogP contribution in [0.1, 0.15) is 98.8 Å². The first kappa shape index (κ1) is 29.1. The van der Waals surface area contributed by atoms with E-state index in [1.54, 1.807) is 61.3 Å². The first-order chi connectivity index (χ1) is 21.7. The van der Waals surface area contributed by atoms with Crippen LogP contribution < -0.4 is 0 Å². The zero-order valence-electron chi connectivity index (χ0n) is 28.2. The van der Waals surface area contributed by atoms with Gasteiger partial charge >= 0.3 is 0 Å². The van der Waals surface area contributed by atoms with Crippen LogP contribution in [0.15, 0.2) is 151 Å². The van der Waals surface area contributed by atoms with Crippen molar-refractivity contribution in [2.45, 2.75) is 98.8 Å². The van der Waals surface area contributed by atoms with E-state index in [2.05, 4.69) is 114 Å². The molecule has 0 heteroatoms. The lowest BCUT2D eigenvalue weighted by molar-refractivity contribution is 0.454. The Bertz CT molecular complexity index is 1770. The Kier molecular flexibility index (Phi) is 7.01. The number of rotatable bonds is 2. The van der Waals surface area contributed by atoms with Gasteiger partial charge in [-0.15, -0.1) is 0 Å². The number of hydrogen-bond acceptors (Lipinski definition) is 0. The van der Waals surface area contributed by atoms with Gasteiger partial charge in [0.15, 0.2) is 0 Å². The Morgan fingerprint density at radius 2 is 1.40 bits per heavy atom. The van der Waals surface area contributed by atoms with Crippen molar-refractivity contribution < 1.29 is 0 Å². The molecule has 0 heterocycles. The molecule has 2 unspecified atom stereocenters. The first-order valence-electron chi connectivity index (χ1n) is 17.8. The molecule has 0 nitrogen and oxygen atoms in total. The second kappa shape index (κ2) is 10.9. The van der Waals surface area contributed by atoms with E-state index < -0.39 is 0 Å². The minimum Gasteiger partial charge on any atom is -0.0837 e. The number of hydrogen-bond donors (Lipinski definition) is 0. The van der Waals surface area contributed by atoms with Crippen molar-refractivity contribution in [3.05, 3.63) is 151 Å². The highest BCUT2D eigenvalue weighted by Gasteiger charge is 2.39. The van der Waals surface area contributed by atoms with Crippen LogP contribution in [0.5, 0.6) is 0 Å². The highest BCUT2D eigenvalue weighted by atomic mass is 14.4. The molecule has 0 saturated heterocycles. The van der Waals surface area contributed by atoms with Crippen molar-refractivity contribution in [2.75, 3.05) is 0 Å². The molecule has 45 heavy (non-hydrogen) atoms. The Morgan fingerprint density at radius 1 is 0.689 bits per heavy atom. The van der Waals surface area contributed by atoms with Gasteiger partial charge in [-0.25, -0.2) is 0 Å². The van der Waals surface area contributed by atoms with Gasteiger partial charge in [0.1, 0.15) is 0 Å².